The largest absolute Gasteiger partial charge is 0.478 e. The van der Waals surface area contributed by atoms with Crippen molar-refractivity contribution in [2.45, 2.75) is 6.18 Å². The van der Waals surface area contributed by atoms with Crippen LogP contribution in [0.25, 0.3) is 0 Å². The molecule has 0 radical (unpaired) electrons. The minimum absolute atomic E-state index is 0.419. The molecule has 0 rings (SSSR count). The van der Waals surface area contributed by atoms with Gasteiger partial charge in [-0.15, -0.1) is 0 Å². The Balaban J connectivity index is 4.63. The van der Waals surface area contributed by atoms with E-state index in [2.05, 4.69) is 0 Å². The van der Waals surface area contributed by atoms with Crippen LogP contribution in [-0.4, -0.2) is 23.8 Å². The average molecular weight is 169 g/mol. The monoisotopic (exact) mass is 169 g/mol. The van der Waals surface area contributed by atoms with Crippen LogP contribution in [0.1, 0.15) is 0 Å². The molecule has 0 saturated heterocycles. The molecule has 0 bridgehead atoms. The zero-order valence-corrected chi connectivity index (χ0v) is 5.35. The van der Waals surface area contributed by atoms with Crippen molar-refractivity contribution in [3.8, 4) is 0 Å². The lowest BCUT2D eigenvalue weighted by atomic mass is 10.2. The van der Waals surface area contributed by atoms with Crippen LogP contribution in [0.3, 0.4) is 0 Å². The first-order chi connectivity index (χ1) is 4.89. The lowest BCUT2D eigenvalue weighted by Crippen LogP contribution is -2.20. The Morgan fingerprint density at radius 1 is 1.55 bits per heavy atom. The number of carboxylic acid groups (broad SMARTS) is 1. The number of nitrogens with two attached hydrogens (primary N) is 1. The molecule has 0 aromatic rings. The molecule has 6 heteroatoms. The van der Waals surface area contributed by atoms with Gasteiger partial charge in [-0.1, -0.05) is 6.08 Å². The Morgan fingerprint density at radius 2 is 2.00 bits per heavy atom. The highest BCUT2D eigenvalue weighted by Crippen LogP contribution is 2.24. The summed E-state index contributed by atoms with van der Waals surface area (Å²) in [5, 5.41) is 8.00. The fraction of sp³-hybridized carbons (Fsp3) is 0.400. The molecule has 11 heavy (non-hydrogen) atoms. The van der Waals surface area contributed by atoms with E-state index in [0.717, 1.165) is 0 Å². The molecule has 0 atom stereocenters. The zero-order chi connectivity index (χ0) is 9.07. The van der Waals surface area contributed by atoms with Gasteiger partial charge in [0.25, 0.3) is 0 Å². The number of carbonyl (C=O) groups is 1. The van der Waals surface area contributed by atoms with Crippen molar-refractivity contribution in [3.63, 3.8) is 0 Å². The first-order valence-electron chi connectivity index (χ1n) is 2.60. The van der Waals surface area contributed by atoms with Crippen LogP contribution >= 0.6 is 0 Å². The van der Waals surface area contributed by atoms with E-state index in [0.29, 0.717) is 6.08 Å². The summed E-state index contributed by atoms with van der Waals surface area (Å²) in [6.07, 6.45) is -4.41. The van der Waals surface area contributed by atoms with Crippen LogP contribution in [-0.2, 0) is 4.79 Å². The summed E-state index contributed by atoms with van der Waals surface area (Å²) in [6.45, 7) is -0.443. The van der Waals surface area contributed by atoms with Crippen LogP contribution in [0.4, 0.5) is 13.2 Å². The van der Waals surface area contributed by atoms with Gasteiger partial charge in [-0.3, -0.25) is 0 Å². The first-order valence-corrected chi connectivity index (χ1v) is 2.60. The third-order valence-electron chi connectivity index (χ3n) is 0.858. The SMILES string of the molecule is NC/C=C(\C(=O)O)C(F)(F)F. The van der Waals surface area contributed by atoms with Gasteiger partial charge < -0.3 is 10.8 Å². The lowest BCUT2D eigenvalue weighted by Gasteiger charge is -2.05. The molecule has 0 heterocycles. The number of alkyl halides is 3. The molecule has 0 amide bonds. The van der Waals surface area contributed by atoms with Crippen molar-refractivity contribution in [2.75, 3.05) is 6.54 Å². The van der Waals surface area contributed by atoms with Gasteiger partial charge in [0.15, 0.2) is 0 Å². The van der Waals surface area contributed by atoms with Gasteiger partial charge in [-0.25, -0.2) is 4.79 Å². The van der Waals surface area contributed by atoms with Crippen LogP contribution in [0.2, 0.25) is 0 Å². The van der Waals surface area contributed by atoms with Gasteiger partial charge in [0.2, 0.25) is 0 Å². The van der Waals surface area contributed by atoms with Crippen LogP contribution in [0.15, 0.2) is 11.6 Å². The number of carboxylic acids is 1. The van der Waals surface area contributed by atoms with E-state index in [1.54, 1.807) is 0 Å². The molecule has 0 unspecified atom stereocenters. The molecular formula is C5H6F3NO2. The molecule has 0 aliphatic heterocycles. The molecule has 0 aliphatic carbocycles. The molecule has 3 nitrogen and oxygen atoms in total. The van der Waals surface area contributed by atoms with Gasteiger partial charge in [0.1, 0.15) is 5.57 Å². The van der Waals surface area contributed by atoms with Crippen molar-refractivity contribution < 1.29 is 23.1 Å². The second-order valence-electron chi connectivity index (χ2n) is 1.66. The molecule has 0 aromatic heterocycles. The highest BCUT2D eigenvalue weighted by molar-refractivity contribution is 5.88. The molecule has 0 fully saturated rings. The molecular weight excluding hydrogens is 163 g/mol. The number of halogens is 3. The quantitative estimate of drug-likeness (QED) is 0.592. The van der Waals surface area contributed by atoms with Gasteiger partial charge in [0, 0.05) is 6.54 Å². The van der Waals surface area contributed by atoms with E-state index in [-0.39, 0.29) is 0 Å². The third kappa shape index (κ3) is 3.03. The van der Waals surface area contributed by atoms with Crippen molar-refractivity contribution in [1.29, 1.82) is 0 Å². The topological polar surface area (TPSA) is 63.3 Å². The maximum Gasteiger partial charge on any atom is 0.423 e. The van der Waals surface area contributed by atoms with Crippen LogP contribution < -0.4 is 5.73 Å². The van der Waals surface area contributed by atoms with E-state index >= 15 is 0 Å². The van der Waals surface area contributed by atoms with E-state index in [1.807, 2.05) is 0 Å². The second-order valence-corrected chi connectivity index (χ2v) is 1.66. The van der Waals surface area contributed by atoms with Crippen LogP contribution in [0.5, 0.6) is 0 Å². The number of hydrogen-bond donors (Lipinski definition) is 2. The Morgan fingerprint density at radius 3 is 2.09 bits per heavy atom. The Hall–Kier alpha value is -1.04. The molecule has 0 aromatic carbocycles. The molecule has 0 aliphatic rings. The summed E-state index contributed by atoms with van der Waals surface area (Å²) in [7, 11) is 0. The highest BCUT2D eigenvalue weighted by atomic mass is 19.4. The Bertz CT molecular complexity index is 185. The summed E-state index contributed by atoms with van der Waals surface area (Å²) >= 11 is 0. The summed E-state index contributed by atoms with van der Waals surface area (Å²) in [6, 6.07) is 0. The average Bonchev–Trinajstić information content (AvgIpc) is 1.79. The van der Waals surface area contributed by atoms with Crippen LogP contribution in [0, 0.1) is 0 Å². The van der Waals surface area contributed by atoms with Gasteiger partial charge >= 0.3 is 12.1 Å². The minimum atomic E-state index is -4.83. The highest BCUT2D eigenvalue weighted by Gasteiger charge is 2.38. The smallest absolute Gasteiger partial charge is 0.423 e. The van der Waals surface area contributed by atoms with Gasteiger partial charge in [-0.2, -0.15) is 13.2 Å². The number of aliphatic carboxylic acids is 1. The molecule has 3 N–H and O–H groups in total. The van der Waals surface area contributed by atoms with Crippen molar-refractivity contribution in [2.24, 2.45) is 5.73 Å². The standard InChI is InChI=1S/C5H6F3NO2/c6-5(7,8)3(1-2-9)4(10)11/h1H,2,9H2,(H,10,11)/b3-1+. The van der Waals surface area contributed by atoms with E-state index in [4.69, 9.17) is 10.8 Å². The lowest BCUT2D eigenvalue weighted by molar-refractivity contribution is -0.144. The van der Waals surface area contributed by atoms with Crippen molar-refractivity contribution >= 4 is 5.97 Å². The maximum absolute atomic E-state index is 11.7. The predicted octanol–water partition coefficient (Wildman–Crippen LogP) is 0.518. The maximum atomic E-state index is 11.7. The summed E-state index contributed by atoms with van der Waals surface area (Å²) in [4.78, 5) is 9.89. The first kappa shape index (κ1) is 9.96. The third-order valence-corrected chi connectivity index (χ3v) is 0.858. The van der Waals surface area contributed by atoms with Crippen molar-refractivity contribution in [1.82, 2.24) is 0 Å². The fourth-order valence-corrected chi connectivity index (χ4v) is 0.442. The van der Waals surface area contributed by atoms with Gasteiger partial charge in [-0.05, 0) is 0 Å². The van der Waals surface area contributed by atoms with Crippen molar-refractivity contribution in [3.05, 3.63) is 11.6 Å². The van der Waals surface area contributed by atoms with E-state index < -0.39 is 24.3 Å². The fourth-order valence-electron chi connectivity index (χ4n) is 0.442. The summed E-state index contributed by atoms with van der Waals surface area (Å²) in [5.74, 6) is -2.01. The summed E-state index contributed by atoms with van der Waals surface area (Å²) in [5.41, 5.74) is 3.10. The molecule has 0 saturated carbocycles. The van der Waals surface area contributed by atoms with E-state index in [1.165, 1.54) is 0 Å². The zero-order valence-electron chi connectivity index (χ0n) is 5.35. The number of hydrogen-bond acceptors (Lipinski definition) is 2. The predicted molar refractivity (Wildman–Crippen MR) is 30.8 cm³/mol. The van der Waals surface area contributed by atoms with Gasteiger partial charge in [0.05, 0.1) is 0 Å². The Kier molecular flexibility index (Phi) is 3.06. The Labute approximate surface area is 60.3 Å². The summed E-state index contributed by atoms with van der Waals surface area (Å²) < 4.78 is 35.0. The molecule has 0 spiro atoms. The number of rotatable bonds is 2. The second kappa shape index (κ2) is 3.38. The molecule has 64 valence electrons. The normalized spacial score (nSPS) is 13.3. The van der Waals surface area contributed by atoms with E-state index in [9.17, 15) is 18.0 Å². The minimum Gasteiger partial charge on any atom is -0.478 e.